The number of hydrogen-bond donors (Lipinski definition) is 1. The Hall–Kier alpha value is -2.72. The number of halogens is 2. The van der Waals surface area contributed by atoms with Crippen molar-refractivity contribution < 1.29 is 31.5 Å². The van der Waals surface area contributed by atoms with Crippen molar-refractivity contribution in [1.29, 1.82) is 0 Å². The Balaban J connectivity index is 2.00. The van der Waals surface area contributed by atoms with E-state index in [2.05, 4.69) is 5.32 Å². The molecule has 0 spiro atoms. The van der Waals surface area contributed by atoms with Gasteiger partial charge >= 0.3 is 5.76 Å². The second-order valence-electron chi connectivity index (χ2n) is 6.37. The lowest BCUT2D eigenvalue weighted by Gasteiger charge is -2.20. The van der Waals surface area contributed by atoms with Crippen LogP contribution in [0.3, 0.4) is 0 Å². The van der Waals surface area contributed by atoms with Crippen LogP contribution >= 0.6 is 0 Å². The van der Waals surface area contributed by atoms with Gasteiger partial charge in [0.15, 0.2) is 11.5 Å². The Labute approximate surface area is 174 Å². The molecule has 10 heteroatoms. The van der Waals surface area contributed by atoms with E-state index in [4.69, 9.17) is 9.47 Å². The molecule has 1 N–H and O–H groups in total. The number of sulfone groups is 1. The molecule has 0 saturated carbocycles. The summed E-state index contributed by atoms with van der Waals surface area (Å²) in [4.78, 5) is 13.7. The van der Waals surface area contributed by atoms with Crippen molar-refractivity contribution in [3.8, 4) is 11.5 Å². The van der Waals surface area contributed by atoms with Crippen molar-refractivity contribution >= 4 is 21.4 Å². The molecule has 0 aliphatic carbocycles. The topological polar surface area (TPSA) is 84.9 Å². The summed E-state index contributed by atoms with van der Waals surface area (Å²) in [7, 11) is -1.57. The zero-order chi connectivity index (χ0) is 22.3. The smallest absolute Gasteiger partial charge is 0.341 e. The van der Waals surface area contributed by atoms with Crippen molar-refractivity contribution in [1.82, 2.24) is 4.90 Å². The first kappa shape index (κ1) is 23.6. The van der Waals surface area contributed by atoms with Crippen LogP contribution in [0.2, 0.25) is 0 Å². The molecular weight excluding hydrogens is 418 g/mol. The number of benzene rings is 2. The molecule has 30 heavy (non-hydrogen) atoms. The summed E-state index contributed by atoms with van der Waals surface area (Å²) in [6.45, 7) is 3.10. The van der Waals surface area contributed by atoms with Gasteiger partial charge in [0, 0.05) is 12.2 Å². The van der Waals surface area contributed by atoms with Gasteiger partial charge in [-0.3, -0.25) is 9.69 Å². The van der Waals surface area contributed by atoms with Crippen LogP contribution in [-0.2, 0) is 21.2 Å². The molecule has 2 aromatic rings. The van der Waals surface area contributed by atoms with E-state index in [0.29, 0.717) is 30.3 Å². The molecule has 0 fully saturated rings. The van der Waals surface area contributed by atoms with Crippen LogP contribution < -0.4 is 14.8 Å². The number of amides is 1. The van der Waals surface area contributed by atoms with Crippen LogP contribution in [0.1, 0.15) is 12.5 Å². The number of methoxy groups -OCH3 is 2. The fraction of sp³-hybridized carbons (Fsp3) is 0.350. The number of nitrogens with one attached hydrogen (secondary N) is 1. The number of carbonyl (C=O) groups excluding carboxylic acids is 1. The van der Waals surface area contributed by atoms with Crippen molar-refractivity contribution in [2.45, 2.75) is 24.1 Å². The third-order valence-electron chi connectivity index (χ3n) is 4.37. The van der Waals surface area contributed by atoms with Crippen LogP contribution in [0, 0.1) is 0 Å². The molecule has 0 aromatic heterocycles. The third-order valence-corrected chi connectivity index (χ3v) is 5.77. The summed E-state index contributed by atoms with van der Waals surface area (Å²) >= 11 is 0. The number of alkyl halides is 2. The van der Waals surface area contributed by atoms with Crippen molar-refractivity contribution in [2.24, 2.45) is 0 Å². The highest BCUT2D eigenvalue weighted by molar-refractivity contribution is 7.91. The highest BCUT2D eigenvalue weighted by Crippen LogP contribution is 2.28. The van der Waals surface area contributed by atoms with Crippen LogP contribution in [0.25, 0.3) is 0 Å². The molecule has 0 aliphatic rings. The van der Waals surface area contributed by atoms with Gasteiger partial charge in [0.1, 0.15) is 0 Å². The monoisotopic (exact) mass is 442 g/mol. The van der Waals surface area contributed by atoms with E-state index >= 15 is 0 Å². The second kappa shape index (κ2) is 10.4. The first-order chi connectivity index (χ1) is 14.2. The second-order valence-corrected chi connectivity index (χ2v) is 8.29. The Morgan fingerprint density at radius 3 is 2.23 bits per heavy atom. The standard InChI is InChI=1S/C20H24F2N2O5S/c1-4-24(12-14-5-10-17(28-2)18(11-14)29-3)13-19(25)23-15-6-8-16(9-7-15)30(26,27)20(21)22/h5-11,20H,4,12-13H2,1-3H3,(H,23,25). The van der Waals surface area contributed by atoms with Crippen molar-refractivity contribution in [3.63, 3.8) is 0 Å². The van der Waals surface area contributed by atoms with Gasteiger partial charge in [0.25, 0.3) is 0 Å². The number of likely N-dealkylation sites (N-methyl/N-ethyl adjacent to an activating group) is 1. The van der Waals surface area contributed by atoms with Gasteiger partial charge in [-0.1, -0.05) is 13.0 Å². The average molecular weight is 442 g/mol. The molecule has 0 unspecified atom stereocenters. The Kier molecular flexibility index (Phi) is 8.13. The summed E-state index contributed by atoms with van der Waals surface area (Å²) in [6.07, 6.45) is 0. The minimum absolute atomic E-state index is 0.0852. The van der Waals surface area contributed by atoms with Gasteiger partial charge in [-0.15, -0.1) is 0 Å². The molecule has 164 valence electrons. The fourth-order valence-corrected chi connectivity index (χ4v) is 3.47. The predicted molar refractivity (Wildman–Crippen MR) is 109 cm³/mol. The van der Waals surface area contributed by atoms with Crippen LogP contribution in [0.4, 0.5) is 14.5 Å². The maximum atomic E-state index is 12.6. The molecule has 0 atom stereocenters. The maximum Gasteiger partial charge on any atom is 0.341 e. The van der Waals surface area contributed by atoms with E-state index in [1.165, 1.54) is 12.1 Å². The Bertz CT molecular complexity index is 966. The molecule has 2 aromatic carbocycles. The van der Waals surface area contributed by atoms with Crippen LogP contribution in [0.5, 0.6) is 11.5 Å². The number of carbonyl (C=O) groups is 1. The van der Waals surface area contributed by atoms with Gasteiger partial charge in [0.05, 0.1) is 25.7 Å². The molecule has 0 saturated heterocycles. The normalized spacial score (nSPS) is 11.6. The molecule has 0 aliphatic heterocycles. The summed E-state index contributed by atoms with van der Waals surface area (Å²) in [5.41, 5.74) is 1.25. The van der Waals surface area contributed by atoms with E-state index in [1.54, 1.807) is 20.3 Å². The average Bonchev–Trinajstić information content (AvgIpc) is 2.73. The highest BCUT2D eigenvalue weighted by Gasteiger charge is 2.26. The molecule has 0 heterocycles. The van der Waals surface area contributed by atoms with E-state index in [1.807, 2.05) is 24.0 Å². The van der Waals surface area contributed by atoms with Crippen molar-refractivity contribution in [2.75, 3.05) is 32.6 Å². The molecular formula is C20H24F2N2O5S. The van der Waals surface area contributed by atoms with Gasteiger partial charge in [-0.25, -0.2) is 8.42 Å². The number of ether oxygens (including phenoxy) is 2. The zero-order valence-corrected chi connectivity index (χ0v) is 17.7. The maximum absolute atomic E-state index is 12.6. The number of anilines is 1. The Morgan fingerprint density at radius 1 is 1.07 bits per heavy atom. The van der Waals surface area contributed by atoms with E-state index in [9.17, 15) is 22.0 Å². The molecule has 0 radical (unpaired) electrons. The third kappa shape index (κ3) is 5.90. The SMILES string of the molecule is CCN(CC(=O)Nc1ccc(S(=O)(=O)C(F)F)cc1)Cc1ccc(OC)c(OC)c1. The molecule has 0 bridgehead atoms. The van der Waals surface area contributed by atoms with Gasteiger partial charge in [-0.05, 0) is 48.5 Å². The van der Waals surface area contributed by atoms with E-state index in [-0.39, 0.29) is 12.5 Å². The zero-order valence-electron chi connectivity index (χ0n) is 16.9. The minimum Gasteiger partial charge on any atom is -0.493 e. The molecule has 7 nitrogen and oxygen atoms in total. The minimum atomic E-state index is -4.66. The number of nitrogens with zero attached hydrogens (tertiary/aromatic N) is 1. The lowest BCUT2D eigenvalue weighted by molar-refractivity contribution is -0.117. The first-order valence-electron chi connectivity index (χ1n) is 9.06. The van der Waals surface area contributed by atoms with E-state index < -0.39 is 20.5 Å². The number of rotatable bonds is 10. The number of hydrogen-bond acceptors (Lipinski definition) is 6. The molecule has 2 rings (SSSR count). The summed E-state index contributed by atoms with van der Waals surface area (Å²) in [5, 5.41) is 2.63. The highest BCUT2D eigenvalue weighted by atomic mass is 32.2. The lowest BCUT2D eigenvalue weighted by Crippen LogP contribution is -2.32. The quantitative estimate of drug-likeness (QED) is 0.609. The van der Waals surface area contributed by atoms with Gasteiger partial charge < -0.3 is 14.8 Å². The van der Waals surface area contributed by atoms with Gasteiger partial charge in [-0.2, -0.15) is 8.78 Å². The van der Waals surface area contributed by atoms with Crippen LogP contribution in [-0.4, -0.2) is 52.3 Å². The van der Waals surface area contributed by atoms with E-state index in [0.717, 1.165) is 17.7 Å². The van der Waals surface area contributed by atoms with Crippen LogP contribution in [0.15, 0.2) is 47.4 Å². The largest absolute Gasteiger partial charge is 0.493 e. The lowest BCUT2D eigenvalue weighted by atomic mass is 10.2. The molecule has 1 amide bonds. The summed E-state index contributed by atoms with van der Waals surface area (Å²) < 4.78 is 58.6. The fourth-order valence-electron chi connectivity index (χ4n) is 2.75. The predicted octanol–water partition coefficient (Wildman–Crippen LogP) is 3.16. The van der Waals surface area contributed by atoms with Crippen molar-refractivity contribution in [3.05, 3.63) is 48.0 Å². The first-order valence-corrected chi connectivity index (χ1v) is 10.6. The summed E-state index contributed by atoms with van der Waals surface area (Å²) in [6, 6.07) is 10.1. The summed E-state index contributed by atoms with van der Waals surface area (Å²) in [5.74, 6) is -2.61. The van der Waals surface area contributed by atoms with Gasteiger partial charge in [0.2, 0.25) is 15.7 Å². The Morgan fingerprint density at radius 2 is 1.70 bits per heavy atom.